The van der Waals surface area contributed by atoms with Crippen molar-refractivity contribution in [3.8, 4) is 0 Å². The molecule has 0 aliphatic carbocycles. The molecule has 0 aliphatic heterocycles. The summed E-state index contributed by atoms with van der Waals surface area (Å²) in [7, 11) is 0. The molecule has 0 saturated carbocycles. The Bertz CT molecular complexity index is 333. The van der Waals surface area contributed by atoms with Crippen LogP contribution in [0.3, 0.4) is 0 Å². The van der Waals surface area contributed by atoms with Crippen LogP contribution in [-0.2, 0) is 6.42 Å². The zero-order chi connectivity index (χ0) is 12.9. The van der Waals surface area contributed by atoms with E-state index in [4.69, 9.17) is 0 Å². The summed E-state index contributed by atoms with van der Waals surface area (Å²) in [6.45, 7) is 13.5. The zero-order valence-corrected chi connectivity index (χ0v) is 12.7. The van der Waals surface area contributed by atoms with Crippen LogP contribution in [0.4, 0.5) is 0 Å². The number of hydrogen-bond donors (Lipinski definition) is 1. The molecule has 2 nitrogen and oxygen atoms in total. The number of aryl methyl sites for hydroxylation is 1. The largest absolute Gasteiger partial charge is 0.316 e. The van der Waals surface area contributed by atoms with E-state index < -0.39 is 0 Å². The van der Waals surface area contributed by atoms with Gasteiger partial charge in [-0.3, -0.25) is 0 Å². The number of hydrogen-bond acceptors (Lipinski definition) is 3. The molecule has 1 N–H and O–H groups in total. The van der Waals surface area contributed by atoms with Gasteiger partial charge in [-0.2, -0.15) is 0 Å². The molecular weight excluding hydrogens is 228 g/mol. The SMILES string of the molecule is CCCNCC(C)(Cc1csc(C)n1)C(C)C. The highest BCUT2D eigenvalue weighted by molar-refractivity contribution is 7.09. The van der Waals surface area contributed by atoms with Crippen LogP contribution in [0.5, 0.6) is 0 Å². The molecule has 0 aromatic carbocycles. The van der Waals surface area contributed by atoms with Crippen LogP contribution in [0.15, 0.2) is 5.38 Å². The first-order valence-corrected chi connectivity index (χ1v) is 7.47. The predicted octanol–water partition coefficient (Wildman–Crippen LogP) is 3.66. The molecule has 0 aliphatic rings. The van der Waals surface area contributed by atoms with Crippen molar-refractivity contribution in [3.63, 3.8) is 0 Å². The Balaban J connectivity index is 2.64. The molecule has 0 saturated heterocycles. The van der Waals surface area contributed by atoms with Gasteiger partial charge in [0.15, 0.2) is 0 Å². The molecule has 1 aromatic heterocycles. The zero-order valence-electron chi connectivity index (χ0n) is 11.8. The topological polar surface area (TPSA) is 24.9 Å². The maximum Gasteiger partial charge on any atom is 0.0897 e. The van der Waals surface area contributed by atoms with Gasteiger partial charge < -0.3 is 5.32 Å². The summed E-state index contributed by atoms with van der Waals surface area (Å²) in [4.78, 5) is 4.60. The molecule has 1 aromatic rings. The molecule has 1 heterocycles. The fourth-order valence-corrected chi connectivity index (χ4v) is 2.54. The molecule has 0 amide bonds. The quantitative estimate of drug-likeness (QED) is 0.751. The third-order valence-electron chi connectivity index (χ3n) is 3.60. The molecule has 0 bridgehead atoms. The highest BCUT2D eigenvalue weighted by atomic mass is 32.1. The van der Waals surface area contributed by atoms with Crippen LogP contribution in [0.1, 0.15) is 44.8 Å². The van der Waals surface area contributed by atoms with E-state index >= 15 is 0 Å². The summed E-state index contributed by atoms with van der Waals surface area (Å²) < 4.78 is 0. The van der Waals surface area contributed by atoms with E-state index in [-0.39, 0.29) is 0 Å². The van der Waals surface area contributed by atoms with Crippen molar-refractivity contribution in [1.82, 2.24) is 10.3 Å². The Labute approximate surface area is 110 Å². The van der Waals surface area contributed by atoms with Gasteiger partial charge in [-0.15, -0.1) is 11.3 Å². The second-order valence-corrected chi connectivity index (χ2v) is 6.58. The molecule has 3 heteroatoms. The van der Waals surface area contributed by atoms with E-state index in [1.807, 2.05) is 0 Å². The van der Waals surface area contributed by atoms with Crippen molar-refractivity contribution in [2.45, 2.75) is 47.5 Å². The third-order valence-corrected chi connectivity index (χ3v) is 4.42. The van der Waals surface area contributed by atoms with Gasteiger partial charge in [0, 0.05) is 11.9 Å². The summed E-state index contributed by atoms with van der Waals surface area (Å²) >= 11 is 1.75. The molecular formula is C14H26N2S. The van der Waals surface area contributed by atoms with Crippen molar-refractivity contribution in [3.05, 3.63) is 16.1 Å². The lowest BCUT2D eigenvalue weighted by atomic mass is 9.75. The fourth-order valence-electron chi connectivity index (χ4n) is 1.92. The smallest absolute Gasteiger partial charge is 0.0897 e. The second-order valence-electron chi connectivity index (χ2n) is 5.52. The molecule has 1 atom stereocenters. The van der Waals surface area contributed by atoms with Crippen LogP contribution in [-0.4, -0.2) is 18.1 Å². The molecule has 0 spiro atoms. The first-order valence-electron chi connectivity index (χ1n) is 6.59. The van der Waals surface area contributed by atoms with E-state index in [0.717, 1.165) is 19.5 Å². The summed E-state index contributed by atoms with van der Waals surface area (Å²) in [5.41, 5.74) is 1.55. The highest BCUT2D eigenvalue weighted by Gasteiger charge is 2.29. The van der Waals surface area contributed by atoms with Crippen molar-refractivity contribution < 1.29 is 0 Å². The van der Waals surface area contributed by atoms with Crippen LogP contribution >= 0.6 is 11.3 Å². The standard InChI is InChI=1S/C14H26N2S/c1-6-7-15-10-14(5,11(2)3)8-13-9-17-12(4)16-13/h9,11,15H,6-8,10H2,1-5H3. The maximum absolute atomic E-state index is 4.60. The Morgan fingerprint density at radius 3 is 2.65 bits per heavy atom. The van der Waals surface area contributed by atoms with Crippen LogP contribution in [0, 0.1) is 18.3 Å². The number of aromatic nitrogens is 1. The average molecular weight is 254 g/mol. The summed E-state index contributed by atoms with van der Waals surface area (Å²) in [6, 6.07) is 0. The van der Waals surface area contributed by atoms with Gasteiger partial charge in [0.05, 0.1) is 10.7 Å². The van der Waals surface area contributed by atoms with E-state index in [0.29, 0.717) is 11.3 Å². The van der Waals surface area contributed by atoms with E-state index in [1.165, 1.54) is 17.1 Å². The van der Waals surface area contributed by atoms with Gasteiger partial charge in [-0.05, 0) is 37.6 Å². The molecule has 0 radical (unpaired) electrons. The monoisotopic (exact) mass is 254 g/mol. The third kappa shape index (κ3) is 4.40. The van der Waals surface area contributed by atoms with Crippen molar-refractivity contribution in [2.75, 3.05) is 13.1 Å². The van der Waals surface area contributed by atoms with Gasteiger partial charge in [0.1, 0.15) is 0 Å². The highest BCUT2D eigenvalue weighted by Crippen LogP contribution is 2.31. The van der Waals surface area contributed by atoms with Gasteiger partial charge in [0.25, 0.3) is 0 Å². The van der Waals surface area contributed by atoms with Gasteiger partial charge >= 0.3 is 0 Å². The molecule has 98 valence electrons. The number of nitrogens with one attached hydrogen (secondary N) is 1. The van der Waals surface area contributed by atoms with Crippen LogP contribution in [0.25, 0.3) is 0 Å². The lowest BCUT2D eigenvalue weighted by Crippen LogP contribution is -2.38. The Hall–Kier alpha value is -0.410. The second kappa shape index (κ2) is 6.50. The van der Waals surface area contributed by atoms with E-state index in [9.17, 15) is 0 Å². The van der Waals surface area contributed by atoms with Crippen LogP contribution in [0.2, 0.25) is 0 Å². The van der Waals surface area contributed by atoms with E-state index in [2.05, 4.69) is 50.3 Å². The first kappa shape index (κ1) is 14.7. The number of rotatable bonds is 7. The molecule has 0 fully saturated rings. The molecule has 1 unspecified atom stereocenters. The summed E-state index contributed by atoms with van der Waals surface area (Å²) in [5.74, 6) is 0.661. The normalized spacial score (nSPS) is 15.2. The minimum atomic E-state index is 0.301. The lowest BCUT2D eigenvalue weighted by Gasteiger charge is -2.33. The first-order chi connectivity index (χ1) is 7.98. The predicted molar refractivity (Wildman–Crippen MR) is 76.7 cm³/mol. The van der Waals surface area contributed by atoms with Crippen molar-refractivity contribution in [2.24, 2.45) is 11.3 Å². The van der Waals surface area contributed by atoms with Crippen LogP contribution < -0.4 is 5.32 Å². The summed E-state index contributed by atoms with van der Waals surface area (Å²) in [6.07, 6.45) is 2.27. The lowest BCUT2D eigenvalue weighted by molar-refractivity contribution is 0.206. The van der Waals surface area contributed by atoms with Gasteiger partial charge in [0.2, 0.25) is 0 Å². The molecule has 17 heavy (non-hydrogen) atoms. The minimum Gasteiger partial charge on any atom is -0.316 e. The Morgan fingerprint density at radius 2 is 2.18 bits per heavy atom. The average Bonchev–Trinajstić information content (AvgIpc) is 2.64. The van der Waals surface area contributed by atoms with Crippen molar-refractivity contribution in [1.29, 1.82) is 0 Å². The van der Waals surface area contributed by atoms with Gasteiger partial charge in [-0.25, -0.2) is 4.98 Å². The van der Waals surface area contributed by atoms with Crippen molar-refractivity contribution >= 4 is 11.3 Å². The Kier molecular flexibility index (Phi) is 5.60. The maximum atomic E-state index is 4.60. The van der Waals surface area contributed by atoms with E-state index in [1.54, 1.807) is 11.3 Å². The number of nitrogens with zero attached hydrogens (tertiary/aromatic N) is 1. The molecule has 1 rings (SSSR count). The minimum absolute atomic E-state index is 0.301. The Morgan fingerprint density at radius 1 is 1.47 bits per heavy atom. The number of thiazole rings is 1. The van der Waals surface area contributed by atoms with Gasteiger partial charge in [-0.1, -0.05) is 27.7 Å². The fraction of sp³-hybridized carbons (Fsp3) is 0.786. The summed E-state index contributed by atoms with van der Waals surface area (Å²) in [5, 5.41) is 6.94.